The van der Waals surface area contributed by atoms with E-state index in [1.807, 2.05) is 11.8 Å². The minimum atomic E-state index is -3.03. The van der Waals surface area contributed by atoms with Crippen LogP contribution in [-0.4, -0.2) is 55.9 Å². The first kappa shape index (κ1) is 14.3. The summed E-state index contributed by atoms with van der Waals surface area (Å²) in [4.78, 5) is 14.9. The highest BCUT2D eigenvalue weighted by atomic mass is 32.2. The van der Waals surface area contributed by atoms with Gasteiger partial charge in [0.15, 0.2) is 9.84 Å². The maximum atomic E-state index is 13.1. The fourth-order valence-electron chi connectivity index (χ4n) is 4.24. The van der Waals surface area contributed by atoms with Crippen molar-refractivity contribution in [3.63, 3.8) is 0 Å². The first-order valence-electron chi connectivity index (χ1n) is 7.62. The molecule has 0 bridgehead atoms. The first-order chi connectivity index (χ1) is 9.38. The Morgan fingerprint density at radius 3 is 2.85 bits per heavy atom. The van der Waals surface area contributed by atoms with Crippen molar-refractivity contribution in [1.29, 1.82) is 0 Å². The number of carbonyl (C=O) groups excluding carboxylic acids is 1. The summed E-state index contributed by atoms with van der Waals surface area (Å²) < 4.78 is 23.9. The van der Waals surface area contributed by atoms with Crippen molar-refractivity contribution in [1.82, 2.24) is 10.2 Å². The fraction of sp³-hybridized carbons (Fsp3) is 0.929. The van der Waals surface area contributed by atoms with Gasteiger partial charge in [0.1, 0.15) is 0 Å². The topological polar surface area (TPSA) is 66.5 Å². The monoisotopic (exact) mass is 300 g/mol. The summed E-state index contributed by atoms with van der Waals surface area (Å²) in [5, 5.41) is 2.91. The minimum absolute atomic E-state index is 0.110. The second-order valence-electron chi connectivity index (χ2n) is 6.69. The van der Waals surface area contributed by atoms with Crippen LogP contribution in [-0.2, 0) is 14.6 Å². The average molecular weight is 300 g/mol. The van der Waals surface area contributed by atoms with Gasteiger partial charge in [0.2, 0.25) is 5.91 Å². The van der Waals surface area contributed by atoms with Gasteiger partial charge in [-0.05, 0) is 39.2 Å². The van der Waals surface area contributed by atoms with Gasteiger partial charge in [-0.1, -0.05) is 6.42 Å². The van der Waals surface area contributed by atoms with Gasteiger partial charge >= 0.3 is 0 Å². The van der Waals surface area contributed by atoms with E-state index in [-0.39, 0.29) is 23.1 Å². The molecule has 3 rings (SSSR count). The van der Waals surface area contributed by atoms with Crippen LogP contribution >= 0.6 is 0 Å². The van der Waals surface area contributed by atoms with Crippen LogP contribution in [0.3, 0.4) is 0 Å². The predicted octanol–water partition coefficient (Wildman–Crippen LogP) is 0.410. The predicted molar refractivity (Wildman–Crippen MR) is 77.1 cm³/mol. The summed E-state index contributed by atoms with van der Waals surface area (Å²) in [6.45, 7) is 5.67. The lowest BCUT2D eigenvalue weighted by Gasteiger charge is -2.42. The molecule has 4 atom stereocenters. The molecule has 3 aliphatic rings. The van der Waals surface area contributed by atoms with Crippen molar-refractivity contribution in [2.45, 2.75) is 44.4 Å². The van der Waals surface area contributed by atoms with Crippen molar-refractivity contribution in [2.75, 3.05) is 25.4 Å². The van der Waals surface area contributed by atoms with Crippen molar-refractivity contribution in [3.8, 4) is 0 Å². The molecule has 0 aromatic rings. The Morgan fingerprint density at radius 2 is 2.10 bits per heavy atom. The van der Waals surface area contributed by atoms with Gasteiger partial charge < -0.3 is 10.2 Å². The molecule has 5 nitrogen and oxygen atoms in total. The third-order valence-corrected chi connectivity index (χ3v) is 8.11. The number of amides is 1. The SMILES string of the molecule is C[C@@H]1[C@H](C)N(C(=O)[C@@]23CCC[C@@H]2CNC3)CCS1(=O)=O. The highest BCUT2D eigenvalue weighted by Gasteiger charge is 2.54. The van der Waals surface area contributed by atoms with Crippen LogP contribution < -0.4 is 5.32 Å². The van der Waals surface area contributed by atoms with E-state index in [0.717, 1.165) is 32.4 Å². The van der Waals surface area contributed by atoms with Crippen LogP contribution in [0.25, 0.3) is 0 Å². The number of sulfone groups is 1. The summed E-state index contributed by atoms with van der Waals surface area (Å²) in [5.41, 5.74) is -0.255. The number of nitrogens with zero attached hydrogens (tertiary/aromatic N) is 1. The van der Waals surface area contributed by atoms with E-state index in [0.29, 0.717) is 12.5 Å². The molecular weight excluding hydrogens is 276 g/mol. The summed E-state index contributed by atoms with van der Waals surface area (Å²) in [6, 6.07) is -0.211. The van der Waals surface area contributed by atoms with Gasteiger partial charge in [-0.15, -0.1) is 0 Å². The Kier molecular flexibility index (Phi) is 3.36. The summed E-state index contributed by atoms with van der Waals surface area (Å²) >= 11 is 0. The van der Waals surface area contributed by atoms with Crippen LogP contribution in [0.5, 0.6) is 0 Å². The highest BCUT2D eigenvalue weighted by Crippen LogP contribution is 2.47. The van der Waals surface area contributed by atoms with Crippen LogP contribution in [0, 0.1) is 11.3 Å². The third kappa shape index (κ3) is 1.91. The van der Waals surface area contributed by atoms with Crippen molar-refractivity contribution in [3.05, 3.63) is 0 Å². The van der Waals surface area contributed by atoms with E-state index in [9.17, 15) is 13.2 Å². The molecule has 20 heavy (non-hydrogen) atoms. The normalized spacial score (nSPS) is 43.5. The number of carbonyl (C=O) groups is 1. The van der Waals surface area contributed by atoms with Crippen LogP contribution in [0.1, 0.15) is 33.1 Å². The molecule has 0 spiro atoms. The van der Waals surface area contributed by atoms with Crippen LogP contribution in [0.4, 0.5) is 0 Å². The molecule has 1 N–H and O–H groups in total. The Morgan fingerprint density at radius 1 is 1.35 bits per heavy atom. The molecule has 1 saturated carbocycles. The molecule has 2 heterocycles. The lowest BCUT2D eigenvalue weighted by molar-refractivity contribution is -0.144. The number of nitrogens with one attached hydrogen (secondary N) is 1. The number of hydrogen-bond acceptors (Lipinski definition) is 4. The largest absolute Gasteiger partial charge is 0.337 e. The lowest BCUT2D eigenvalue weighted by atomic mass is 9.79. The molecule has 1 aliphatic carbocycles. The molecule has 0 aromatic heterocycles. The molecule has 1 amide bonds. The zero-order chi connectivity index (χ0) is 14.5. The maximum Gasteiger partial charge on any atom is 0.230 e. The second-order valence-corrected chi connectivity index (χ2v) is 9.16. The van der Waals surface area contributed by atoms with Crippen molar-refractivity contribution >= 4 is 15.7 Å². The van der Waals surface area contributed by atoms with Gasteiger partial charge in [0, 0.05) is 19.1 Å². The number of hydrogen-bond donors (Lipinski definition) is 1. The summed E-state index contributed by atoms with van der Waals surface area (Å²) in [5.74, 6) is 0.744. The summed E-state index contributed by atoms with van der Waals surface area (Å²) in [7, 11) is -3.03. The molecule has 2 saturated heterocycles. The molecular formula is C14H24N2O3S. The molecule has 2 aliphatic heterocycles. The zero-order valence-electron chi connectivity index (χ0n) is 12.3. The molecule has 114 valence electrons. The molecule has 3 fully saturated rings. The Bertz CT molecular complexity index is 507. The average Bonchev–Trinajstić information content (AvgIpc) is 2.95. The Balaban J connectivity index is 1.85. The van der Waals surface area contributed by atoms with Gasteiger partial charge in [0.25, 0.3) is 0 Å². The molecule has 0 aromatic carbocycles. The minimum Gasteiger partial charge on any atom is -0.337 e. The van der Waals surface area contributed by atoms with E-state index in [4.69, 9.17) is 0 Å². The number of rotatable bonds is 1. The number of fused-ring (bicyclic) bond motifs is 1. The Hall–Kier alpha value is -0.620. The van der Waals surface area contributed by atoms with Crippen LogP contribution in [0.15, 0.2) is 0 Å². The lowest BCUT2D eigenvalue weighted by Crippen LogP contribution is -2.58. The van der Waals surface area contributed by atoms with E-state index in [1.54, 1.807) is 6.92 Å². The zero-order valence-corrected chi connectivity index (χ0v) is 13.1. The van der Waals surface area contributed by atoms with E-state index in [1.165, 1.54) is 0 Å². The van der Waals surface area contributed by atoms with Crippen molar-refractivity contribution < 1.29 is 13.2 Å². The third-order valence-electron chi connectivity index (χ3n) is 5.83. The van der Waals surface area contributed by atoms with E-state index in [2.05, 4.69) is 5.32 Å². The van der Waals surface area contributed by atoms with E-state index >= 15 is 0 Å². The molecule has 6 heteroatoms. The van der Waals surface area contributed by atoms with Gasteiger partial charge in [-0.2, -0.15) is 0 Å². The second kappa shape index (κ2) is 4.70. The fourth-order valence-corrected chi connectivity index (χ4v) is 5.81. The smallest absolute Gasteiger partial charge is 0.230 e. The van der Waals surface area contributed by atoms with Gasteiger partial charge in [-0.3, -0.25) is 4.79 Å². The first-order valence-corrected chi connectivity index (χ1v) is 9.33. The highest BCUT2D eigenvalue weighted by molar-refractivity contribution is 7.92. The Labute approximate surface area is 121 Å². The van der Waals surface area contributed by atoms with Gasteiger partial charge in [-0.25, -0.2) is 8.42 Å². The van der Waals surface area contributed by atoms with Crippen LogP contribution in [0.2, 0.25) is 0 Å². The molecule has 0 unspecified atom stereocenters. The molecule has 0 radical (unpaired) electrons. The van der Waals surface area contributed by atoms with Gasteiger partial charge in [0.05, 0.1) is 16.4 Å². The summed E-state index contributed by atoms with van der Waals surface area (Å²) in [6.07, 6.45) is 3.19. The van der Waals surface area contributed by atoms with E-state index < -0.39 is 15.1 Å². The standard InChI is InChI=1S/C14H24N2O3S/c1-10-11(2)20(18,19)7-6-16(10)13(17)14-5-3-4-12(14)8-15-9-14/h10-12,15H,3-9H2,1-2H3/t10-,11+,12+,14+/m0/s1. The quantitative estimate of drug-likeness (QED) is 0.762. The van der Waals surface area contributed by atoms with Crippen molar-refractivity contribution in [2.24, 2.45) is 11.3 Å². The maximum absolute atomic E-state index is 13.1.